The Kier molecular flexibility index (Phi) is 49.4. The van der Waals surface area contributed by atoms with E-state index in [4.69, 9.17) is 14.2 Å². The van der Waals surface area contributed by atoms with Crippen LogP contribution < -0.4 is 0 Å². The minimum absolute atomic E-state index is 0.0751. The lowest BCUT2D eigenvalue weighted by atomic mass is 10.0. The molecule has 0 aromatic carbocycles. The van der Waals surface area contributed by atoms with E-state index >= 15 is 0 Å². The van der Waals surface area contributed by atoms with Crippen LogP contribution in [0, 0.1) is 0 Å². The normalized spacial score (nSPS) is 12.5. The number of hydrogen-bond acceptors (Lipinski definition) is 5. The van der Waals surface area contributed by atoms with Gasteiger partial charge >= 0.3 is 11.9 Å². The predicted molar refractivity (Wildman–Crippen MR) is 261 cm³/mol. The highest BCUT2D eigenvalue weighted by Gasteiger charge is 2.17. The SMILES string of the molecule is CCC/C=C\C/C=C\CCCCCCCC(=O)OC(COCCCCCCCCCCCCCCCCCC)COC(=O)CCCCCCC/C=C\C/C=C\CCCCC. The monoisotopic (exact) mass is 841 g/mol. The molecule has 0 aromatic rings. The maximum atomic E-state index is 12.8. The van der Waals surface area contributed by atoms with Crippen molar-refractivity contribution in [2.75, 3.05) is 19.8 Å². The summed E-state index contributed by atoms with van der Waals surface area (Å²) in [5.41, 5.74) is 0. The molecule has 350 valence electrons. The molecule has 0 aromatic heterocycles. The van der Waals surface area contributed by atoms with E-state index in [0.29, 0.717) is 19.4 Å². The lowest BCUT2D eigenvalue weighted by molar-refractivity contribution is -0.163. The Morgan fingerprint density at radius 2 is 0.733 bits per heavy atom. The standard InChI is InChI=1S/C55H100O5/c1-4-7-10-13-16-19-22-25-27-29-32-35-38-41-44-47-50-58-51-53(60-55(57)49-46-43-40-37-34-30-24-21-18-15-12-9-6-3)52-59-54(56)48-45-42-39-36-33-31-28-26-23-20-17-14-11-8-5-2/h12,15,17,20-21,24,26,28,53H,4-11,13-14,16,18-19,22-23,25,27,29-52H2,1-3H3/b15-12-,20-17-,24-21-,28-26-. The van der Waals surface area contributed by atoms with Crippen LogP contribution in [0.4, 0.5) is 0 Å². The van der Waals surface area contributed by atoms with Crippen LogP contribution in [0.15, 0.2) is 48.6 Å². The zero-order valence-electron chi connectivity index (χ0n) is 40.2. The number of allylic oxidation sites excluding steroid dienone is 8. The summed E-state index contributed by atoms with van der Waals surface area (Å²) >= 11 is 0. The zero-order valence-corrected chi connectivity index (χ0v) is 40.2. The first-order valence-corrected chi connectivity index (χ1v) is 26.2. The highest BCUT2D eigenvalue weighted by molar-refractivity contribution is 5.70. The lowest BCUT2D eigenvalue weighted by Crippen LogP contribution is -2.30. The maximum Gasteiger partial charge on any atom is 0.306 e. The maximum absolute atomic E-state index is 12.8. The van der Waals surface area contributed by atoms with E-state index in [9.17, 15) is 9.59 Å². The van der Waals surface area contributed by atoms with Crippen LogP contribution in [0.1, 0.15) is 265 Å². The largest absolute Gasteiger partial charge is 0.462 e. The first kappa shape index (κ1) is 57.9. The number of unbranched alkanes of at least 4 members (excludes halogenated alkanes) is 29. The van der Waals surface area contributed by atoms with Crippen LogP contribution in [0.5, 0.6) is 0 Å². The topological polar surface area (TPSA) is 61.8 Å². The van der Waals surface area contributed by atoms with Crippen molar-refractivity contribution in [3.63, 3.8) is 0 Å². The molecule has 0 aliphatic carbocycles. The van der Waals surface area contributed by atoms with Gasteiger partial charge in [-0.25, -0.2) is 0 Å². The van der Waals surface area contributed by atoms with Gasteiger partial charge in [-0.2, -0.15) is 0 Å². The Balaban J connectivity index is 4.27. The van der Waals surface area contributed by atoms with Crippen molar-refractivity contribution >= 4 is 11.9 Å². The van der Waals surface area contributed by atoms with Crippen LogP contribution in [0.3, 0.4) is 0 Å². The van der Waals surface area contributed by atoms with E-state index in [-0.39, 0.29) is 25.2 Å². The van der Waals surface area contributed by atoms with E-state index in [1.807, 2.05) is 0 Å². The van der Waals surface area contributed by atoms with Crippen LogP contribution in [-0.4, -0.2) is 37.9 Å². The third kappa shape index (κ3) is 48.5. The van der Waals surface area contributed by atoms with Crippen molar-refractivity contribution in [3.05, 3.63) is 48.6 Å². The van der Waals surface area contributed by atoms with E-state index in [1.165, 1.54) is 154 Å². The fourth-order valence-electron chi connectivity index (χ4n) is 7.40. The fraction of sp³-hybridized carbons (Fsp3) is 0.818. The van der Waals surface area contributed by atoms with Gasteiger partial charge < -0.3 is 14.2 Å². The number of rotatable bonds is 48. The molecule has 0 amide bonds. The minimum atomic E-state index is -0.546. The smallest absolute Gasteiger partial charge is 0.306 e. The quantitative estimate of drug-likeness (QED) is 0.0347. The van der Waals surface area contributed by atoms with Crippen LogP contribution >= 0.6 is 0 Å². The van der Waals surface area contributed by atoms with E-state index < -0.39 is 6.10 Å². The second-order valence-corrected chi connectivity index (χ2v) is 17.4. The summed E-state index contributed by atoms with van der Waals surface area (Å²) < 4.78 is 17.4. The molecule has 0 N–H and O–H groups in total. The molecule has 0 saturated heterocycles. The van der Waals surface area contributed by atoms with E-state index in [2.05, 4.69) is 69.4 Å². The molecule has 0 aliphatic rings. The first-order chi connectivity index (χ1) is 29.6. The summed E-state index contributed by atoms with van der Waals surface area (Å²) in [5.74, 6) is -0.419. The Morgan fingerprint density at radius 1 is 0.367 bits per heavy atom. The molecule has 0 saturated carbocycles. The molecule has 5 nitrogen and oxygen atoms in total. The van der Waals surface area contributed by atoms with E-state index in [0.717, 1.165) is 77.0 Å². The van der Waals surface area contributed by atoms with Gasteiger partial charge in [-0.05, 0) is 77.0 Å². The van der Waals surface area contributed by atoms with Gasteiger partial charge in [0.25, 0.3) is 0 Å². The number of esters is 2. The van der Waals surface area contributed by atoms with Crippen LogP contribution in [0.25, 0.3) is 0 Å². The summed E-state index contributed by atoms with van der Waals surface area (Å²) in [7, 11) is 0. The van der Waals surface area contributed by atoms with Gasteiger partial charge in [0, 0.05) is 19.4 Å². The molecular weight excluding hydrogens is 741 g/mol. The molecule has 0 aliphatic heterocycles. The van der Waals surface area contributed by atoms with E-state index in [1.54, 1.807) is 0 Å². The van der Waals surface area contributed by atoms with Gasteiger partial charge in [0.15, 0.2) is 6.10 Å². The van der Waals surface area contributed by atoms with Crippen molar-refractivity contribution in [1.82, 2.24) is 0 Å². The molecule has 1 unspecified atom stereocenters. The molecule has 0 fully saturated rings. The summed E-state index contributed by atoms with van der Waals surface area (Å²) in [5, 5.41) is 0. The average Bonchev–Trinajstić information content (AvgIpc) is 3.25. The lowest BCUT2D eigenvalue weighted by Gasteiger charge is -2.18. The molecule has 0 bridgehead atoms. The molecule has 5 heteroatoms. The number of carbonyl (C=O) groups is 2. The van der Waals surface area contributed by atoms with Crippen molar-refractivity contribution < 1.29 is 23.8 Å². The molecule has 0 radical (unpaired) electrons. The highest BCUT2D eigenvalue weighted by atomic mass is 16.6. The molecule has 0 heterocycles. The first-order valence-electron chi connectivity index (χ1n) is 26.2. The Labute approximate surface area is 373 Å². The van der Waals surface area contributed by atoms with Gasteiger partial charge in [-0.15, -0.1) is 0 Å². The van der Waals surface area contributed by atoms with Gasteiger partial charge in [-0.1, -0.05) is 223 Å². The molecule has 0 rings (SSSR count). The Hall–Kier alpha value is -2.14. The van der Waals surface area contributed by atoms with Crippen molar-refractivity contribution in [3.8, 4) is 0 Å². The average molecular weight is 841 g/mol. The van der Waals surface area contributed by atoms with Gasteiger partial charge in [0.05, 0.1) is 6.61 Å². The summed E-state index contributed by atoms with van der Waals surface area (Å²) in [6.45, 7) is 7.75. The number of ether oxygens (including phenoxy) is 3. The second kappa shape index (κ2) is 51.2. The Morgan fingerprint density at radius 3 is 1.20 bits per heavy atom. The summed E-state index contributed by atoms with van der Waals surface area (Å²) in [6.07, 6.45) is 62.6. The summed E-state index contributed by atoms with van der Waals surface area (Å²) in [6, 6.07) is 0. The zero-order chi connectivity index (χ0) is 43.5. The highest BCUT2D eigenvalue weighted by Crippen LogP contribution is 2.15. The van der Waals surface area contributed by atoms with Gasteiger partial charge in [-0.3, -0.25) is 9.59 Å². The van der Waals surface area contributed by atoms with Crippen molar-refractivity contribution in [2.45, 2.75) is 271 Å². The predicted octanol–water partition coefficient (Wildman–Crippen LogP) is 17.6. The minimum Gasteiger partial charge on any atom is -0.462 e. The van der Waals surface area contributed by atoms with Crippen LogP contribution in [0.2, 0.25) is 0 Å². The number of hydrogen-bond donors (Lipinski definition) is 0. The second-order valence-electron chi connectivity index (χ2n) is 17.4. The number of carbonyl (C=O) groups excluding carboxylic acids is 2. The fourth-order valence-corrected chi connectivity index (χ4v) is 7.40. The van der Waals surface area contributed by atoms with Crippen LogP contribution in [-0.2, 0) is 23.8 Å². The summed E-state index contributed by atoms with van der Waals surface area (Å²) in [4.78, 5) is 25.4. The molecule has 1 atom stereocenters. The molecule has 0 spiro atoms. The van der Waals surface area contributed by atoms with Crippen molar-refractivity contribution in [1.29, 1.82) is 0 Å². The Bertz CT molecular complexity index is 997. The molecule has 60 heavy (non-hydrogen) atoms. The van der Waals surface area contributed by atoms with Crippen molar-refractivity contribution in [2.24, 2.45) is 0 Å². The van der Waals surface area contributed by atoms with Gasteiger partial charge in [0.1, 0.15) is 6.61 Å². The third-order valence-electron chi connectivity index (χ3n) is 11.3. The molecular formula is C55H100O5. The van der Waals surface area contributed by atoms with Gasteiger partial charge in [0.2, 0.25) is 0 Å². The third-order valence-corrected chi connectivity index (χ3v) is 11.3.